The molecule has 3 rings (SSSR count). The largest absolute Gasteiger partial charge is 0.383 e. The van der Waals surface area contributed by atoms with Crippen molar-refractivity contribution in [1.29, 1.82) is 5.26 Å². The molecule has 2 N–H and O–H groups in total. The van der Waals surface area contributed by atoms with E-state index in [0.717, 1.165) is 30.8 Å². The number of anilines is 1. The highest BCUT2D eigenvalue weighted by molar-refractivity contribution is 5.61. The fourth-order valence-electron chi connectivity index (χ4n) is 3.18. The van der Waals surface area contributed by atoms with Crippen LogP contribution in [0.15, 0.2) is 48.5 Å². The molecular formula is C19H21N3. The number of hydrogen-bond acceptors (Lipinski definition) is 3. The summed E-state index contributed by atoms with van der Waals surface area (Å²) in [5.41, 5.74) is 4.88. The SMILES string of the molecule is CNCCC(c1ccccc1)c1ccc2c(c1)C(C#N)CN2. The van der Waals surface area contributed by atoms with E-state index in [9.17, 15) is 5.26 Å². The van der Waals surface area contributed by atoms with Crippen molar-refractivity contribution in [3.8, 4) is 6.07 Å². The lowest BCUT2D eigenvalue weighted by Gasteiger charge is -2.19. The standard InChI is InChI=1S/C19H21N3/c1-21-10-9-17(14-5-3-2-4-6-14)15-7-8-19-18(11-15)16(12-20)13-22-19/h2-8,11,16-17,21-22H,9-10,13H2,1H3. The predicted molar refractivity (Wildman–Crippen MR) is 90.1 cm³/mol. The Labute approximate surface area is 132 Å². The predicted octanol–water partition coefficient (Wildman–Crippen LogP) is 3.46. The van der Waals surface area contributed by atoms with E-state index in [4.69, 9.17) is 0 Å². The van der Waals surface area contributed by atoms with Crippen LogP contribution in [0, 0.1) is 11.3 Å². The molecule has 0 spiro atoms. The van der Waals surface area contributed by atoms with Gasteiger partial charge in [0.25, 0.3) is 0 Å². The summed E-state index contributed by atoms with van der Waals surface area (Å²) in [6, 6.07) is 19.5. The normalized spacial score (nSPS) is 17.4. The first-order valence-corrected chi connectivity index (χ1v) is 7.80. The van der Waals surface area contributed by atoms with Gasteiger partial charge in [-0.1, -0.05) is 42.5 Å². The van der Waals surface area contributed by atoms with Gasteiger partial charge < -0.3 is 10.6 Å². The second-order valence-electron chi connectivity index (χ2n) is 5.76. The summed E-state index contributed by atoms with van der Waals surface area (Å²) in [6.07, 6.45) is 1.05. The summed E-state index contributed by atoms with van der Waals surface area (Å²) in [4.78, 5) is 0. The van der Waals surface area contributed by atoms with Crippen LogP contribution in [-0.2, 0) is 0 Å². The first kappa shape index (κ1) is 14.6. The van der Waals surface area contributed by atoms with Gasteiger partial charge in [0.1, 0.15) is 0 Å². The van der Waals surface area contributed by atoms with Crippen LogP contribution in [0.2, 0.25) is 0 Å². The zero-order valence-electron chi connectivity index (χ0n) is 12.8. The molecule has 0 saturated carbocycles. The molecule has 3 nitrogen and oxygen atoms in total. The van der Waals surface area contributed by atoms with E-state index in [2.05, 4.69) is 65.2 Å². The summed E-state index contributed by atoms with van der Waals surface area (Å²) in [5, 5.41) is 15.9. The molecule has 22 heavy (non-hydrogen) atoms. The lowest BCUT2D eigenvalue weighted by atomic mass is 9.86. The Kier molecular flexibility index (Phi) is 4.41. The molecule has 0 radical (unpaired) electrons. The molecule has 0 saturated heterocycles. The number of rotatable bonds is 5. The van der Waals surface area contributed by atoms with E-state index >= 15 is 0 Å². The van der Waals surface area contributed by atoms with Crippen molar-refractivity contribution in [3.63, 3.8) is 0 Å². The molecule has 112 valence electrons. The monoisotopic (exact) mass is 291 g/mol. The minimum atomic E-state index is -0.0318. The molecule has 3 heteroatoms. The van der Waals surface area contributed by atoms with Crippen molar-refractivity contribution in [1.82, 2.24) is 5.32 Å². The van der Waals surface area contributed by atoms with Crippen molar-refractivity contribution in [2.75, 3.05) is 25.5 Å². The van der Waals surface area contributed by atoms with Gasteiger partial charge >= 0.3 is 0 Å². The second kappa shape index (κ2) is 6.64. The summed E-state index contributed by atoms with van der Waals surface area (Å²) in [5.74, 6) is 0.328. The molecule has 2 aromatic rings. The van der Waals surface area contributed by atoms with Crippen molar-refractivity contribution in [2.45, 2.75) is 18.3 Å². The number of nitrogens with one attached hydrogen (secondary N) is 2. The number of fused-ring (bicyclic) bond motifs is 1. The third-order valence-corrected chi connectivity index (χ3v) is 4.39. The summed E-state index contributed by atoms with van der Waals surface area (Å²) < 4.78 is 0. The topological polar surface area (TPSA) is 47.9 Å². The highest BCUT2D eigenvalue weighted by atomic mass is 14.9. The van der Waals surface area contributed by atoms with Crippen LogP contribution in [0.5, 0.6) is 0 Å². The van der Waals surface area contributed by atoms with Gasteiger partial charge in [-0.2, -0.15) is 5.26 Å². The van der Waals surface area contributed by atoms with E-state index in [0.29, 0.717) is 5.92 Å². The van der Waals surface area contributed by atoms with Crippen LogP contribution < -0.4 is 10.6 Å². The summed E-state index contributed by atoms with van der Waals surface area (Å²) >= 11 is 0. The Morgan fingerprint density at radius 3 is 2.77 bits per heavy atom. The molecule has 1 heterocycles. The molecule has 0 aliphatic carbocycles. The van der Waals surface area contributed by atoms with E-state index < -0.39 is 0 Å². The molecule has 2 atom stereocenters. The number of benzene rings is 2. The number of nitrogens with zero attached hydrogens (tertiary/aromatic N) is 1. The fourth-order valence-corrected chi connectivity index (χ4v) is 3.18. The first-order chi connectivity index (χ1) is 10.8. The Balaban J connectivity index is 1.97. The second-order valence-corrected chi connectivity index (χ2v) is 5.76. The minimum Gasteiger partial charge on any atom is -0.383 e. The van der Waals surface area contributed by atoms with E-state index in [1.807, 2.05) is 7.05 Å². The van der Waals surface area contributed by atoms with Crippen molar-refractivity contribution < 1.29 is 0 Å². The van der Waals surface area contributed by atoms with Gasteiger partial charge in [-0.3, -0.25) is 0 Å². The van der Waals surface area contributed by atoms with Crippen LogP contribution in [0.4, 0.5) is 5.69 Å². The van der Waals surface area contributed by atoms with Crippen molar-refractivity contribution >= 4 is 5.69 Å². The Hall–Kier alpha value is -2.31. The molecule has 0 aromatic heterocycles. The molecule has 2 unspecified atom stereocenters. The van der Waals surface area contributed by atoms with Gasteiger partial charge in [-0.15, -0.1) is 0 Å². The molecule has 0 amide bonds. The van der Waals surface area contributed by atoms with Gasteiger partial charge in [-0.25, -0.2) is 0 Å². The van der Waals surface area contributed by atoms with Gasteiger partial charge in [-0.05, 0) is 42.8 Å². The summed E-state index contributed by atoms with van der Waals surface area (Å²) in [6.45, 7) is 1.69. The number of hydrogen-bond donors (Lipinski definition) is 2. The first-order valence-electron chi connectivity index (χ1n) is 7.80. The Bertz CT molecular complexity index is 673. The Morgan fingerprint density at radius 2 is 2.05 bits per heavy atom. The molecule has 2 aromatic carbocycles. The van der Waals surface area contributed by atoms with Crippen LogP contribution >= 0.6 is 0 Å². The van der Waals surface area contributed by atoms with Gasteiger partial charge in [0.05, 0.1) is 12.0 Å². The van der Waals surface area contributed by atoms with E-state index in [1.165, 1.54) is 11.1 Å². The molecule has 0 fully saturated rings. The zero-order chi connectivity index (χ0) is 15.4. The highest BCUT2D eigenvalue weighted by Gasteiger charge is 2.23. The van der Waals surface area contributed by atoms with Gasteiger partial charge in [0.15, 0.2) is 0 Å². The van der Waals surface area contributed by atoms with Crippen LogP contribution in [0.25, 0.3) is 0 Å². The lowest BCUT2D eigenvalue weighted by Crippen LogP contribution is -2.13. The minimum absolute atomic E-state index is 0.0318. The third-order valence-electron chi connectivity index (χ3n) is 4.39. The van der Waals surface area contributed by atoms with Crippen molar-refractivity contribution in [2.24, 2.45) is 0 Å². The quantitative estimate of drug-likeness (QED) is 0.887. The smallest absolute Gasteiger partial charge is 0.0905 e. The molecule has 1 aliphatic heterocycles. The van der Waals surface area contributed by atoms with Gasteiger partial charge in [0.2, 0.25) is 0 Å². The number of nitriles is 1. The fraction of sp³-hybridized carbons (Fsp3) is 0.316. The summed E-state index contributed by atoms with van der Waals surface area (Å²) in [7, 11) is 1.99. The maximum Gasteiger partial charge on any atom is 0.0905 e. The Morgan fingerprint density at radius 1 is 1.23 bits per heavy atom. The maximum absolute atomic E-state index is 9.30. The zero-order valence-corrected chi connectivity index (χ0v) is 12.8. The molecule has 1 aliphatic rings. The van der Waals surface area contributed by atoms with Crippen LogP contribution in [0.1, 0.15) is 34.9 Å². The van der Waals surface area contributed by atoms with Crippen molar-refractivity contribution in [3.05, 3.63) is 65.2 Å². The lowest BCUT2D eigenvalue weighted by molar-refractivity contribution is 0.661. The third kappa shape index (κ3) is 2.84. The van der Waals surface area contributed by atoms with E-state index in [1.54, 1.807) is 0 Å². The molecule has 0 bridgehead atoms. The van der Waals surface area contributed by atoms with Crippen LogP contribution in [-0.4, -0.2) is 20.1 Å². The average Bonchev–Trinajstić information content (AvgIpc) is 2.98. The van der Waals surface area contributed by atoms with Gasteiger partial charge in [0, 0.05) is 18.2 Å². The molecular weight excluding hydrogens is 270 g/mol. The highest BCUT2D eigenvalue weighted by Crippen LogP contribution is 2.36. The van der Waals surface area contributed by atoms with E-state index in [-0.39, 0.29) is 5.92 Å². The maximum atomic E-state index is 9.30. The average molecular weight is 291 g/mol. The van der Waals surface area contributed by atoms with Crippen LogP contribution in [0.3, 0.4) is 0 Å².